The molecule has 1 heterocycles. The zero-order chi connectivity index (χ0) is 21.4. The molecule has 10 nitrogen and oxygen atoms in total. The number of ether oxygens (including phenoxy) is 2. The second kappa shape index (κ2) is 10.2. The van der Waals surface area contributed by atoms with Gasteiger partial charge in [-0.1, -0.05) is 17.7 Å². The molecule has 2 rings (SSSR count). The van der Waals surface area contributed by atoms with E-state index in [-0.39, 0.29) is 53.9 Å². The van der Waals surface area contributed by atoms with Crippen LogP contribution < -0.4 is 15.4 Å². The van der Waals surface area contributed by atoms with Gasteiger partial charge in [0.25, 0.3) is 0 Å². The van der Waals surface area contributed by atoms with Gasteiger partial charge >= 0.3 is 18.0 Å². The fourth-order valence-electron chi connectivity index (χ4n) is 2.30. The van der Waals surface area contributed by atoms with Crippen LogP contribution in [-0.4, -0.2) is 52.7 Å². The van der Waals surface area contributed by atoms with Gasteiger partial charge in [0.05, 0.1) is 35.7 Å². The van der Waals surface area contributed by atoms with Gasteiger partial charge in [-0.2, -0.15) is 0 Å². The van der Waals surface area contributed by atoms with E-state index in [1.165, 1.54) is 24.3 Å². The first-order chi connectivity index (χ1) is 13.7. The summed E-state index contributed by atoms with van der Waals surface area (Å²) in [7, 11) is -3.83. The van der Waals surface area contributed by atoms with Crippen LogP contribution in [0.15, 0.2) is 40.4 Å². The molecular weight excluding hydrogens is 426 g/mol. The Bertz CT molecular complexity index is 931. The number of carbonyl (C=O) groups is 3. The van der Waals surface area contributed by atoms with Crippen molar-refractivity contribution in [1.29, 1.82) is 0 Å². The highest BCUT2D eigenvalue weighted by molar-refractivity contribution is 7.89. The number of amides is 2. The Balaban J connectivity index is 1.88. The van der Waals surface area contributed by atoms with Gasteiger partial charge in [-0.05, 0) is 25.1 Å². The molecular formula is C17H20ClN3O7S. The summed E-state index contributed by atoms with van der Waals surface area (Å²) in [6.45, 7) is 1.16. The summed E-state index contributed by atoms with van der Waals surface area (Å²) in [6, 6.07) is 5.14. The number of benzene rings is 1. The van der Waals surface area contributed by atoms with Crippen LogP contribution in [0.4, 0.5) is 4.79 Å². The van der Waals surface area contributed by atoms with Crippen LogP contribution in [0.3, 0.4) is 0 Å². The molecule has 1 aromatic carbocycles. The molecule has 29 heavy (non-hydrogen) atoms. The van der Waals surface area contributed by atoms with Crippen LogP contribution in [0.25, 0.3) is 0 Å². The molecule has 0 bridgehead atoms. The van der Waals surface area contributed by atoms with E-state index in [4.69, 9.17) is 21.1 Å². The second-order valence-corrected chi connectivity index (χ2v) is 7.95. The lowest BCUT2D eigenvalue weighted by Gasteiger charge is -2.21. The van der Waals surface area contributed by atoms with E-state index in [1.54, 1.807) is 6.92 Å². The third-order valence-corrected chi connectivity index (χ3v) is 5.38. The smallest absolute Gasteiger partial charge is 0.337 e. The summed E-state index contributed by atoms with van der Waals surface area (Å²) in [5, 5.41) is 5.09. The van der Waals surface area contributed by atoms with Gasteiger partial charge in [-0.3, -0.25) is 4.79 Å². The van der Waals surface area contributed by atoms with Crippen molar-refractivity contribution < 1.29 is 32.3 Å². The third kappa shape index (κ3) is 6.73. The average molecular weight is 446 g/mol. The maximum atomic E-state index is 12.2. The molecule has 0 spiro atoms. The molecule has 1 aliphatic rings. The molecule has 0 saturated heterocycles. The standard InChI is InChI=1S/C17H20ClN3O7S/c1-2-27-16(23)13-9-19-17(24)21-14(13)10-28-15(22)6-7-20-29(25,26)12-5-3-4-11(18)8-12/h3-5,8,20H,2,6-7,9-10H2,1H3,(H2,19,21,24). The van der Waals surface area contributed by atoms with E-state index in [9.17, 15) is 22.8 Å². The molecule has 0 aliphatic carbocycles. The van der Waals surface area contributed by atoms with Crippen LogP contribution >= 0.6 is 11.6 Å². The number of halogens is 1. The Morgan fingerprint density at radius 3 is 2.72 bits per heavy atom. The van der Waals surface area contributed by atoms with E-state index in [2.05, 4.69) is 15.4 Å². The Morgan fingerprint density at radius 2 is 2.03 bits per heavy atom. The zero-order valence-electron chi connectivity index (χ0n) is 15.5. The minimum absolute atomic E-state index is 0.0278. The molecule has 1 aromatic rings. The van der Waals surface area contributed by atoms with E-state index in [0.717, 1.165) is 0 Å². The lowest BCUT2D eigenvalue weighted by atomic mass is 10.2. The molecule has 3 N–H and O–H groups in total. The first-order valence-electron chi connectivity index (χ1n) is 8.57. The number of hydrogen-bond donors (Lipinski definition) is 3. The van der Waals surface area contributed by atoms with Gasteiger partial charge in [0.1, 0.15) is 6.61 Å². The van der Waals surface area contributed by atoms with E-state index >= 15 is 0 Å². The molecule has 2 amide bonds. The summed E-state index contributed by atoms with van der Waals surface area (Å²) < 4.78 is 36.5. The third-order valence-electron chi connectivity index (χ3n) is 3.68. The van der Waals surface area contributed by atoms with Crippen molar-refractivity contribution in [3.8, 4) is 0 Å². The van der Waals surface area contributed by atoms with Crippen LogP contribution in [-0.2, 0) is 29.1 Å². The normalized spacial score (nSPS) is 14.1. The highest BCUT2D eigenvalue weighted by Crippen LogP contribution is 2.15. The van der Waals surface area contributed by atoms with E-state index < -0.39 is 28.0 Å². The first-order valence-corrected chi connectivity index (χ1v) is 10.4. The van der Waals surface area contributed by atoms with Gasteiger partial charge in [0.15, 0.2) is 0 Å². The highest BCUT2D eigenvalue weighted by Gasteiger charge is 2.24. The molecule has 0 fully saturated rings. The Morgan fingerprint density at radius 1 is 1.28 bits per heavy atom. The predicted molar refractivity (Wildman–Crippen MR) is 102 cm³/mol. The lowest BCUT2D eigenvalue weighted by molar-refractivity contribution is -0.143. The van der Waals surface area contributed by atoms with Gasteiger partial charge in [-0.15, -0.1) is 0 Å². The summed E-state index contributed by atoms with van der Waals surface area (Å²) in [4.78, 5) is 35.2. The number of hydrogen-bond acceptors (Lipinski definition) is 7. The molecule has 0 radical (unpaired) electrons. The summed E-state index contributed by atoms with van der Waals surface area (Å²) in [6.07, 6.45) is -0.256. The van der Waals surface area contributed by atoms with E-state index in [1.807, 2.05) is 0 Å². The van der Waals surface area contributed by atoms with E-state index in [0.29, 0.717) is 0 Å². The van der Waals surface area contributed by atoms with Gasteiger partial charge < -0.3 is 20.1 Å². The zero-order valence-corrected chi connectivity index (χ0v) is 17.1. The van der Waals surface area contributed by atoms with Gasteiger partial charge in [0, 0.05) is 11.6 Å². The number of urea groups is 1. The first kappa shape index (κ1) is 22.7. The second-order valence-electron chi connectivity index (χ2n) is 5.75. The van der Waals surface area contributed by atoms with Crippen molar-refractivity contribution >= 4 is 39.6 Å². The Hall–Kier alpha value is -2.63. The summed E-state index contributed by atoms with van der Waals surface area (Å²) in [5.74, 6) is -1.36. The number of nitrogens with one attached hydrogen (secondary N) is 3. The average Bonchev–Trinajstić information content (AvgIpc) is 2.66. The monoisotopic (exact) mass is 445 g/mol. The number of esters is 2. The number of sulfonamides is 1. The van der Waals surface area contributed by atoms with Gasteiger partial charge in [0.2, 0.25) is 10.0 Å². The molecule has 0 atom stereocenters. The number of carbonyl (C=O) groups excluding carboxylic acids is 3. The molecule has 0 unspecified atom stereocenters. The van der Waals surface area contributed by atoms with Crippen molar-refractivity contribution in [2.45, 2.75) is 18.2 Å². The van der Waals surface area contributed by atoms with Crippen LogP contribution in [0, 0.1) is 0 Å². The van der Waals surface area contributed by atoms with Crippen LogP contribution in [0.2, 0.25) is 5.02 Å². The molecule has 12 heteroatoms. The predicted octanol–water partition coefficient (Wildman–Crippen LogP) is 0.682. The fourth-order valence-corrected chi connectivity index (χ4v) is 3.63. The fraction of sp³-hybridized carbons (Fsp3) is 0.353. The van der Waals surface area contributed by atoms with Crippen LogP contribution in [0.5, 0.6) is 0 Å². The van der Waals surface area contributed by atoms with Crippen molar-refractivity contribution in [1.82, 2.24) is 15.4 Å². The molecule has 1 aliphatic heterocycles. The molecule has 158 valence electrons. The van der Waals surface area contributed by atoms with Crippen molar-refractivity contribution in [3.63, 3.8) is 0 Å². The Labute approximate surface area is 172 Å². The minimum Gasteiger partial charge on any atom is -0.463 e. The summed E-state index contributed by atoms with van der Waals surface area (Å²) in [5.41, 5.74) is 0.251. The molecule has 0 aromatic heterocycles. The minimum atomic E-state index is -3.83. The van der Waals surface area contributed by atoms with Crippen molar-refractivity contribution in [2.75, 3.05) is 26.3 Å². The van der Waals surface area contributed by atoms with Gasteiger partial charge in [-0.25, -0.2) is 22.7 Å². The lowest BCUT2D eigenvalue weighted by Crippen LogP contribution is -2.45. The van der Waals surface area contributed by atoms with Crippen molar-refractivity contribution in [3.05, 3.63) is 40.6 Å². The highest BCUT2D eigenvalue weighted by atomic mass is 35.5. The summed E-state index contributed by atoms with van der Waals surface area (Å²) >= 11 is 5.78. The SMILES string of the molecule is CCOC(=O)C1=C(COC(=O)CCNS(=O)(=O)c2cccc(Cl)c2)NC(=O)NC1. The van der Waals surface area contributed by atoms with Crippen LogP contribution in [0.1, 0.15) is 13.3 Å². The topological polar surface area (TPSA) is 140 Å². The maximum absolute atomic E-state index is 12.2. The largest absolute Gasteiger partial charge is 0.463 e. The number of rotatable bonds is 9. The molecule has 0 saturated carbocycles. The quantitative estimate of drug-likeness (QED) is 0.475. The maximum Gasteiger partial charge on any atom is 0.337 e. The van der Waals surface area contributed by atoms with Crippen molar-refractivity contribution in [2.24, 2.45) is 0 Å². The Kier molecular flexibility index (Phi) is 8.00.